The second-order valence-electron chi connectivity index (χ2n) is 5.30. The number of carbonyl (C=O) groups excluding carboxylic acids is 2. The van der Waals surface area contributed by atoms with Crippen molar-refractivity contribution in [1.29, 1.82) is 0 Å². The van der Waals surface area contributed by atoms with Gasteiger partial charge in [-0.3, -0.25) is 9.59 Å². The van der Waals surface area contributed by atoms with Crippen molar-refractivity contribution in [3.05, 3.63) is 53.3 Å². The lowest BCUT2D eigenvalue weighted by Gasteiger charge is -2.13. The van der Waals surface area contributed by atoms with Crippen LogP contribution in [0.15, 0.2) is 36.4 Å². The third-order valence-corrected chi connectivity index (χ3v) is 3.57. The Labute approximate surface area is 139 Å². The fourth-order valence-corrected chi connectivity index (χ4v) is 2.37. The molecule has 0 radical (unpaired) electrons. The van der Waals surface area contributed by atoms with E-state index in [0.29, 0.717) is 12.2 Å². The molecular formula is C18H19FN2O3. The molecule has 0 unspecified atom stereocenters. The van der Waals surface area contributed by atoms with Crippen molar-refractivity contribution >= 4 is 11.8 Å². The molecule has 0 aliphatic carbocycles. The maximum Gasteiger partial charge on any atom is 0.249 e. The molecule has 2 aromatic carbocycles. The number of ether oxygens (including phenoxy) is 1. The van der Waals surface area contributed by atoms with E-state index in [-0.39, 0.29) is 22.4 Å². The van der Waals surface area contributed by atoms with Crippen LogP contribution in [0.25, 0.3) is 11.1 Å². The predicted octanol–water partition coefficient (Wildman–Crippen LogP) is 2.87. The first-order valence-electron chi connectivity index (χ1n) is 7.61. The smallest absolute Gasteiger partial charge is 0.249 e. The van der Waals surface area contributed by atoms with E-state index in [2.05, 4.69) is 0 Å². The quantitative estimate of drug-likeness (QED) is 0.764. The molecule has 4 N–H and O–H groups in total. The Hall–Kier alpha value is -2.89. The summed E-state index contributed by atoms with van der Waals surface area (Å²) < 4.78 is 19.6. The van der Waals surface area contributed by atoms with Crippen LogP contribution >= 0.6 is 0 Å². The number of rotatable bonds is 7. The lowest BCUT2D eigenvalue weighted by Crippen LogP contribution is -2.18. The second-order valence-corrected chi connectivity index (χ2v) is 5.30. The minimum absolute atomic E-state index is 0.102. The number of amides is 2. The van der Waals surface area contributed by atoms with Crippen LogP contribution in [0, 0.1) is 5.82 Å². The zero-order chi connectivity index (χ0) is 17.7. The number of halogens is 1. The molecule has 0 bridgehead atoms. The Balaban J connectivity index is 2.50. The number of benzene rings is 2. The van der Waals surface area contributed by atoms with Gasteiger partial charge in [0, 0.05) is 16.7 Å². The SMILES string of the molecule is CCCCOc1ccc(-c2c(C(N)=O)cccc2C(N)=O)cc1F. The van der Waals surface area contributed by atoms with E-state index in [1.165, 1.54) is 30.3 Å². The van der Waals surface area contributed by atoms with Gasteiger partial charge in [0.2, 0.25) is 11.8 Å². The summed E-state index contributed by atoms with van der Waals surface area (Å²) in [7, 11) is 0. The van der Waals surface area contributed by atoms with Crippen molar-refractivity contribution in [2.75, 3.05) is 6.61 Å². The molecule has 0 atom stereocenters. The minimum Gasteiger partial charge on any atom is -0.491 e. The molecule has 126 valence electrons. The third-order valence-electron chi connectivity index (χ3n) is 3.57. The highest BCUT2D eigenvalue weighted by atomic mass is 19.1. The van der Waals surface area contributed by atoms with Crippen LogP contribution in [0.3, 0.4) is 0 Å². The number of hydrogen-bond acceptors (Lipinski definition) is 3. The molecule has 0 aliphatic heterocycles. The van der Waals surface area contributed by atoms with Crippen molar-refractivity contribution in [3.63, 3.8) is 0 Å². The number of carbonyl (C=O) groups is 2. The Morgan fingerprint density at radius 2 is 1.71 bits per heavy atom. The zero-order valence-corrected chi connectivity index (χ0v) is 13.3. The van der Waals surface area contributed by atoms with E-state index in [4.69, 9.17) is 16.2 Å². The van der Waals surface area contributed by atoms with Gasteiger partial charge in [-0.15, -0.1) is 0 Å². The molecule has 0 aromatic heterocycles. The van der Waals surface area contributed by atoms with Gasteiger partial charge in [-0.05, 0) is 36.2 Å². The van der Waals surface area contributed by atoms with Gasteiger partial charge < -0.3 is 16.2 Å². The van der Waals surface area contributed by atoms with Crippen LogP contribution in [-0.2, 0) is 0 Å². The van der Waals surface area contributed by atoms with E-state index in [0.717, 1.165) is 12.8 Å². The fraction of sp³-hybridized carbons (Fsp3) is 0.222. The molecule has 0 aliphatic rings. The van der Waals surface area contributed by atoms with Crippen molar-refractivity contribution < 1.29 is 18.7 Å². The summed E-state index contributed by atoms with van der Waals surface area (Å²) in [6.07, 6.45) is 1.76. The summed E-state index contributed by atoms with van der Waals surface area (Å²) in [5.41, 5.74) is 11.5. The van der Waals surface area contributed by atoms with Gasteiger partial charge in [0.1, 0.15) is 0 Å². The first-order chi connectivity index (χ1) is 11.5. The largest absolute Gasteiger partial charge is 0.491 e. The van der Waals surface area contributed by atoms with E-state index in [1.807, 2.05) is 6.92 Å². The molecular weight excluding hydrogens is 311 g/mol. The van der Waals surface area contributed by atoms with Crippen LogP contribution in [0.4, 0.5) is 4.39 Å². The normalized spacial score (nSPS) is 10.4. The van der Waals surface area contributed by atoms with Crippen LogP contribution in [0.1, 0.15) is 40.5 Å². The molecule has 2 aromatic rings. The topological polar surface area (TPSA) is 95.4 Å². The number of nitrogens with two attached hydrogens (primary N) is 2. The van der Waals surface area contributed by atoms with Crippen molar-refractivity contribution in [3.8, 4) is 16.9 Å². The molecule has 0 heterocycles. The van der Waals surface area contributed by atoms with E-state index in [9.17, 15) is 14.0 Å². The van der Waals surface area contributed by atoms with E-state index >= 15 is 0 Å². The molecule has 0 spiro atoms. The minimum atomic E-state index is -0.725. The van der Waals surface area contributed by atoms with Gasteiger partial charge in [0.25, 0.3) is 0 Å². The van der Waals surface area contributed by atoms with Crippen molar-refractivity contribution in [1.82, 2.24) is 0 Å². The highest BCUT2D eigenvalue weighted by Crippen LogP contribution is 2.31. The lowest BCUT2D eigenvalue weighted by molar-refractivity contribution is 0.0999. The maximum absolute atomic E-state index is 14.3. The number of primary amides is 2. The summed E-state index contributed by atoms with van der Waals surface area (Å²) in [6.45, 7) is 2.42. The van der Waals surface area contributed by atoms with E-state index in [1.54, 1.807) is 6.07 Å². The monoisotopic (exact) mass is 330 g/mol. The van der Waals surface area contributed by atoms with Crippen molar-refractivity contribution in [2.24, 2.45) is 11.5 Å². The van der Waals surface area contributed by atoms with E-state index < -0.39 is 17.6 Å². The molecule has 24 heavy (non-hydrogen) atoms. The maximum atomic E-state index is 14.3. The lowest BCUT2D eigenvalue weighted by atomic mass is 9.93. The molecule has 0 fully saturated rings. The fourth-order valence-electron chi connectivity index (χ4n) is 2.37. The first kappa shape index (κ1) is 17.5. The molecule has 6 heteroatoms. The molecule has 0 saturated carbocycles. The van der Waals surface area contributed by atoms with Crippen LogP contribution in [-0.4, -0.2) is 18.4 Å². The highest BCUT2D eigenvalue weighted by Gasteiger charge is 2.18. The second kappa shape index (κ2) is 7.59. The molecule has 5 nitrogen and oxygen atoms in total. The van der Waals surface area contributed by atoms with Gasteiger partial charge in [-0.25, -0.2) is 4.39 Å². The summed E-state index contributed by atoms with van der Waals surface area (Å²) >= 11 is 0. The Morgan fingerprint density at radius 1 is 1.08 bits per heavy atom. The van der Waals surface area contributed by atoms with Gasteiger partial charge in [0.15, 0.2) is 11.6 Å². The van der Waals surface area contributed by atoms with Gasteiger partial charge in [-0.1, -0.05) is 25.5 Å². The summed E-state index contributed by atoms with van der Waals surface area (Å²) in [5, 5.41) is 0. The van der Waals surface area contributed by atoms with Gasteiger partial charge in [0.05, 0.1) is 6.61 Å². The van der Waals surface area contributed by atoms with Crippen LogP contribution < -0.4 is 16.2 Å². The summed E-state index contributed by atoms with van der Waals surface area (Å²) in [4.78, 5) is 23.3. The van der Waals surface area contributed by atoms with Crippen LogP contribution in [0.5, 0.6) is 5.75 Å². The average Bonchev–Trinajstić information content (AvgIpc) is 2.55. The Kier molecular flexibility index (Phi) is 5.52. The average molecular weight is 330 g/mol. The number of hydrogen-bond donors (Lipinski definition) is 2. The first-order valence-corrected chi connectivity index (χ1v) is 7.61. The standard InChI is InChI=1S/C18H19FN2O3/c1-2-3-9-24-15-8-7-11(10-14(15)19)16-12(17(20)22)5-4-6-13(16)18(21)23/h4-8,10H,2-3,9H2,1H3,(H2,20,22)(H2,21,23). The van der Waals surface area contributed by atoms with Crippen molar-refractivity contribution in [2.45, 2.75) is 19.8 Å². The third kappa shape index (κ3) is 3.71. The zero-order valence-electron chi connectivity index (χ0n) is 13.3. The Morgan fingerprint density at radius 3 is 2.21 bits per heavy atom. The highest BCUT2D eigenvalue weighted by molar-refractivity contribution is 6.08. The number of unbranched alkanes of at least 4 members (excludes halogenated alkanes) is 1. The molecule has 0 saturated heterocycles. The predicted molar refractivity (Wildman–Crippen MR) is 89.3 cm³/mol. The van der Waals surface area contributed by atoms with Gasteiger partial charge >= 0.3 is 0 Å². The molecule has 2 amide bonds. The Bertz CT molecular complexity index is 743. The summed E-state index contributed by atoms with van der Waals surface area (Å²) in [5.74, 6) is -1.92. The molecule has 2 rings (SSSR count). The van der Waals surface area contributed by atoms with Gasteiger partial charge in [-0.2, -0.15) is 0 Å². The van der Waals surface area contributed by atoms with Crippen LogP contribution in [0.2, 0.25) is 0 Å². The summed E-state index contributed by atoms with van der Waals surface area (Å²) in [6, 6.07) is 8.67.